The Morgan fingerprint density at radius 3 is 3.00 bits per heavy atom. The molecule has 0 aliphatic carbocycles. The fourth-order valence-electron chi connectivity index (χ4n) is 2.96. The van der Waals surface area contributed by atoms with E-state index in [1.807, 2.05) is 30.3 Å². The predicted octanol–water partition coefficient (Wildman–Crippen LogP) is 2.14. The SMILES string of the molecule is COCC(=O)N1CCCC1c1nc(CCOCc2ccccc2)no1. The lowest BCUT2D eigenvalue weighted by molar-refractivity contribution is -0.136. The summed E-state index contributed by atoms with van der Waals surface area (Å²) in [7, 11) is 1.52. The number of carbonyl (C=O) groups excluding carboxylic acids is 1. The molecule has 1 amide bonds. The Bertz CT molecular complexity index is 674. The fourth-order valence-corrected chi connectivity index (χ4v) is 2.96. The van der Waals surface area contributed by atoms with Crippen LogP contribution in [0.5, 0.6) is 0 Å². The first-order valence-corrected chi connectivity index (χ1v) is 8.50. The van der Waals surface area contributed by atoms with Crippen LogP contribution in [0.15, 0.2) is 34.9 Å². The van der Waals surface area contributed by atoms with Gasteiger partial charge in [0.1, 0.15) is 12.6 Å². The third kappa shape index (κ3) is 4.64. The highest BCUT2D eigenvalue weighted by atomic mass is 16.5. The Hall–Kier alpha value is -2.25. The molecule has 7 heteroatoms. The molecule has 7 nitrogen and oxygen atoms in total. The third-order valence-corrected chi connectivity index (χ3v) is 4.19. The van der Waals surface area contributed by atoms with E-state index in [2.05, 4.69) is 10.1 Å². The number of benzene rings is 1. The van der Waals surface area contributed by atoms with Crippen LogP contribution >= 0.6 is 0 Å². The largest absolute Gasteiger partial charge is 0.376 e. The maximum absolute atomic E-state index is 12.1. The number of likely N-dealkylation sites (tertiary alicyclic amines) is 1. The van der Waals surface area contributed by atoms with Gasteiger partial charge in [-0.1, -0.05) is 35.5 Å². The summed E-state index contributed by atoms with van der Waals surface area (Å²) >= 11 is 0. The molecule has 1 aliphatic heterocycles. The fraction of sp³-hybridized carbons (Fsp3) is 0.500. The Labute approximate surface area is 146 Å². The molecular formula is C18H23N3O4. The summed E-state index contributed by atoms with van der Waals surface area (Å²) in [6, 6.07) is 9.86. The number of ether oxygens (including phenoxy) is 2. The lowest BCUT2D eigenvalue weighted by atomic mass is 10.2. The van der Waals surface area contributed by atoms with E-state index in [0.29, 0.717) is 37.9 Å². The molecule has 0 saturated carbocycles. The summed E-state index contributed by atoms with van der Waals surface area (Å²) in [6.45, 7) is 1.86. The number of aromatic nitrogens is 2. The molecule has 1 aromatic heterocycles. The van der Waals surface area contributed by atoms with Gasteiger partial charge in [-0.05, 0) is 18.4 Å². The molecule has 3 rings (SSSR count). The van der Waals surface area contributed by atoms with Gasteiger partial charge >= 0.3 is 0 Å². The van der Waals surface area contributed by atoms with Crippen molar-refractivity contribution in [2.45, 2.75) is 31.9 Å². The summed E-state index contributed by atoms with van der Waals surface area (Å²) in [4.78, 5) is 18.3. The van der Waals surface area contributed by atoms with Crippen molar-refractivity contribution >= 4 is 5.91 Å². The average Bonchev–Trinajstić information content (AvgIpc) is 3.29. The van der Waals surface area contributed by atoms with Gasteiger partial charge in [-0.15, -0.1) is 0 Å². The average molecular weight is 345 g/mol. The van der Waals surface area contributed by atoms with Gasteiger partial charge in [-0.2, -0.15) is 4.98 Å². The minimum Gasteiger partial charge on any atom is -0.376 e. The molecule has 25 heavy (non-hydrogen) atoms. The van der Waals surface area contributed by atoms with Gasteiger partial charge in [0.25, 0.3) is 0 Å². The first kappa shape index (κ1) is 17.6. The van der Waals surface area contributed by atoms with E-state index in [4.69, 9.17) is 14.0 Å². The molecule has 1 atom stereocenters. The van der Waals surface area contributed by atoms with E-state index in [0.717, 1.165) is 18.4 Å². The lowest BCUT2D eigenvalue weighted by Crippen LogP contribution is -2.33. The second kappa shape index (κ2) is 8.73. The molecule has 2 heterocycles. The Balaban J connectivity index is 1.49. The third-order valence-electron chi connectivity index (χ3n) is 4.19. The van der Waals surface area contributed by atoms with Gasteiger partial charge in [0.05, 0.1) is 13.2 Å². The molecule has 2 aromatic rings. The first-order chi connectivity index (χ1) is 12.3. The van der Waals surface area contributed by atoms with Gasteiger partial charge in [-0.25, -0.2) is 0 Å². The van der Waals surface area contributed by atoms with Crippen LogP contribution in [0.1, 0.15) is 36.2 Å². The number of hydrogen-bond donors (Lipinski definition) is 0. The van der Waals surface area contributed by atoms with Crippen LogP contribution in [0.3, 0.4) is 0 Å². The number of methoxy groups -OCH3 is 1. The zero-order chi connectivity index (χ0) is 17.5. The summed E-state index contributed by atoms with van der Waals surface area (Å²) < 4.78 is 16.0. The number of carbonyl (C=O) groups is 1. The molecule has 0 spiro atoms. The van der Waals surface area contributed by atoms with E-state index in [1.165, 1.54) is 7.11 Å². The van der Waals surface area contributed by atoms with E-state index in [9.17, 15) is 4.79 Å². The Morgan fingerprint density at radius 2 is 2.20 bits per heavy atom. The quantitative estimate of drug-likeness (QED) is 0.682. The van der Waals surface area contributed by atoms with Gasteiger partial charge in [-0.3, -0.25) is 4.79 Å². The van der Waals surface area contributed by atoms with Crippen molar-refractivity contribution in [3.05, 3.63) is 47.6 Å². The van der Waals surface area contributed by atoms with Crippen LogP contribution in [-0.2, 0) is 27.3 Å². The van der Waals surface area contributed by atoms with Gasteiger partial charge in [0.15, 0.2) is 5.82 Å². The molecule has 0 N–H and O–H groups in total. The highest BCUT2D eigenvalue weighted by Crippen LogP contribution is 2.30. The minimum atomic E-state index is -0.144. The maximum atomic E-state index is 12.1. The van der Waals surface area contributed by atoms with E-state index in [1.54, 1.807) is 4.90 Å². The summed E-state index contributed by atoms with van der Waals surface area (Å²) in [6.07, 6.45) is 2.34. The van der Waals surface area contributed by atoms with Crippen LogP contribution in [0, 0.1) is 0 Å². The van der Waals surface area contributed by atoms with Crippen molar-refractivity contribution in [2.24, 2.45) is 0 Å². The summed E-state index contributed by atoms with van der Waals surface area (Å²) in [5, 5.41) is 4.01. The second-order valence-electron chi connectivity index (χ2n) is 6.02. The smallest absolute Gasteiger partial charge is 0.249 e. The molecule has 134 valence electrons. The second-order valence-corrected chi connectivity index (χ2v) is 6.02. The van der Waals surface area contributed by atoms with Gasteiger partial charge in [0.2, 0.25) is 11.8 Å². The maximum Gasteiger partial charge on any atom is 0.249 e. The highest BCUT2D eigenvalue weighted by molar-refractivity contribution is 5.78. The van der Waals surface area contributed by atoms with Crippen molar-refractivity contribution in [1.29, 1.82) is 0 Å². The van der Waals surface area contributed by atoms with Crippen LogP contribution in [0.2, 0.25) is 0 Å². The normalized spacial score (nSPS) is 17.2. The Morgan fingerprint density at radius 1 is 1.36 bits per heavy atom. The van der Waals surface area contributed by atoms with Gasteiger partial charge in [0, 0.05) is 20.1 Å². The molecule has 0 radical (unpaired) electrons. The summed E-state index contributed by atoms with van der Waals surface area (Å²) in [5.74, 6) is 1.06. The van der Waals surface area contributed by atoms with Crippen molar-refractivity contribution in [2.75, 3.05) is 26.9 Å². The predicted molar refractivity (Wildman–Crippen MR) is 89.7 cm³/mol. The minimum absolute atomic E-state index is 0.0454. The van der Waals surface area contributed by atoms with E-state index < -0.39 is 0 Å². The van der Waals surface area contributed by atoms with Crippen molar-refractivity contribution in [3.63, 3.8) is 0 Å². The molecule has 1 unspecified atom stereocenters. The number of nitrogens with zero attached hydrogens (tertiary/aromatic N) is 3. The first-order valence-electron chi connectivity index (χ1n) is 8.50. The molecule has 1 aliphatic rings. The Kier molecular flexibility index (Phi) is 6.14. The summed E-state index contributed by atoms with van der Waals surface area (Å²) in [5.41, 5.74) is 1.13. The van der Waals surface area contributed by atoms with Crippen LogP contribution in [0.25, 0.3) is 0 Å². The van der Waals surface area contributed by atoms with Gasteiger partial charge < -0.3 is 18.9 Å². The number of rotatable bonds is 8. The van der Waals surface area contributed by atoms with Crippen molar-refractivity contribution in [3.8, 4) is 0 Å². The van der Waals surface area contributed by atoms with Crippen molar-refractivity contribution in [1.82, 2.24) is 15.0 Å². The number of hydrogen-bond acceptors (Lipinski definition) is 6. The standard InChI is InChI=1S/C18H23N3O4/c1-23-13-17(22)21-10-5-8-15(21)18-19-16(20-25-18)9-11-24-12-14-6-3-2-4-7-14/h2-4,6-7,15H,5,8-13H2,1H3. The zero-order valence-corrected chi connectivity index (χ0v) is 14.4. The molecule has 1 fully saturated rings. The molecular weight excluding hydrogens is 322 g/mol. The zero-order valence-electron chi connectivity index (χ0n) is 14.4. The van der Waals surface area contributed by atoms with Crippen LogP contribution in [-0.4, -0.2) is 47.8 Å². The monoisotopic (exact) mass is 345 g/mol. The van der Waals surface area contributed by atoms with Crippen molar-refractivity contribution < 1.29 is 18.8 Å². The van der Waals surface area contributed by atoms with E-state index in [-0.39, 0.29) is 18.6 Å². The molecule has 1 aromatic carbocycles. The number of amides is 1. The lowest BCUT2D eigenvalue weighted by Gasteiger charge is -2.21. The molecule has 1 saturated heterocycles. The topological polar surface area (TPSA) is 77.7 Å². The van der Waals surface area contributed by atoms with Crippen LogP contribution < -0.4 is 0 Å². The highest BCUT2D eigenvalue weighted by Gasteiger charge is 2.33. The molecule has 0 bridgehead atoms. The van der Waals surface area contributed by atoms with Crippen LogP contribution in [0.4, 0.5) is 0 Å². The van der Waals surface area contributed by atoms with E-state index >= 15 is 0 Å².